The zero-order valence-corrected chi connectivity index (χ0v) is 15.3. The van der Waals surface area contributed by atoms with Crippen molar-refractivity contribution in [3.8, 4) is 11.5 Å². The first-order valence-corrected chi connectivity index (χ1v) is 9.32. The van der Waals surface area contributed by atoms with Crippen molar-refractivity contribution in [3.63, 3.8) is 0 Å². The number of fused-ring (bicyclic) bond motifs is 2. The molecule has 28 heavy (non-hydrogen) atoms. The predicted molar refractivity (Wildman–Crippen MR) is 99.0 cm³/mol. The number of carbonyl (C=O) groups is 2. The third-order valence-electron chi connectivity index (χ3n) is 5.43. The summed E-state index contributed by atoms with van der Waals surface area (Å²) in [5.74, 6) is 1.22. The third kappa shape index (κ3) is 2.90. The van der Waals surface area contributed by atoms with Gasteiger partial charge in [0, 0.05) is 50.7 Å². The highest BCUT2D eigenvalue weighted by Gasteiger charge is 2.41. The minimum Gasteiger partial charge on any atom is -0.454 e. The Morgan fingerprint density at radius 2 is 2.04 bits per heavy atom. The minimum absolute atomic E-state index is 0.0101. The fourth-order valence-corrected chi connectivity index (χ4v) is 4.02. The highest BCUT2D eigenvalue weighted by atomic mass is 16.7. The van der Waals surface area contributed by atoms with Crippen LogP contribution in [0.3, 0.4) is 0 Å². The summed E-state index contributed by atoms with van der Waals surface area (Å²) in [6.07, 6.45) is 3.50. The average Bonchev–Trinajstić information content (AvgIpc) is 3.32. The Kier molecular flexibility index (Phi) is 4.03. The largest absolute Gasteiger partial charge is 0.454 e. The lowest BCUT2D eigenvalue weighted by atomic mass is 10.1. The van der Waals surface area contributed by atoms with E-state index in [0.717, 1.165) is 5.56 Å². The summed E-state index contributed by atoms with van der Waals surface area (Å²) in [6.45, 7) is 2.93. The highest BCUT2D eigenvalue weighted by molar-refractivity contribution is 5.95. The van der Waals surface area contributed by atoms with Crippen LogP contribution in [0.15, 0.2) is 42.7 Å². The summed E-state index contributed by atoms with van der Waals surface area (Å²) in [6, 6.07) is 9.13. The van der Waals surface area contributed by atoms with Gasteiger partial charge in [-0.2, -0.15) is 0 Å². The van der Waals surface area contributed by atoms with Crippen LogP contribution in [0.25, 0.3) is 0 Å². The van der Waals surface area contributed by atoms with Crippen molar-refractivity contribution in [1.82, 2.24) is 19.7 Å². The molecule has 0 N–H and O–H groups in total. The Labute approximate surface area is 162 Å². The molecular formula is C20H20N4O4. The van der Waals surface area contributed by atoms with Gasteiger partial charge >= 0.3 is 6.03 Å². The van der Waals surface area contributed by atoms with Gasteiger partial charge in [-0.25, -0.2) is 4.79 Å². The molecule has 3 aliphatic rings. The summed E-state index contributed by atoms with van der Waals surface area (Å²) in [7, 11) is 0. The smallest absolute Gasteiger partial charge is 0.320 e. The van der Waals surface area contributed by atoms with Crippen molar-refractivity contribution >= 4 is 11.9 Å². The van der Waals surface area contributed by atoms with Crippen LogP contribution >= 0.6 is 0 Å². The summed E-state index contributed by atoms with van der Waals surface area (Å²) in [4.78, 5) is 35.3. The first-order chi connectivity index (χ1) is 13.7. The number of ether oxygens (including phenoxy) is 2. The lowest BCUT2D eigenvalue weighted by Gasteiger charge is -2.36. The lowest BCUT2D eigenvalue weighted by molar-refractivity contribution is 0.0616. The summed E-state index contributed by atoms with van der Waals surface area (Å²) < 4.78 is 10.7. The zero-order valence-electron chi connectivity index (χ0n) is 15.3. The predicted octanol–water partition coefficient (Wildman–Crippen LogP) is 1.57. The van der Waals surface area contributed by atoms with Gasteiger partial charge in [0.1, 0.15) is 0 Å². The summed E-state index contributed by atoms with van der Waals surface area (Å²) >= 11 is 0. The molecule has 0 saturated carbocycles. The van der Waals surface area contributed by atoms with Gasteiger partial charge in [-0.15, -0.1) is 0 Å². The van der Waals surface area contributed by atoms with E-state index in [1.165, 1.54) is 0 Å². The topological polar surface area (TPSA) is 75.2 Å². The van der Waals surface area contributed by atoms with Gasteiger partial charge in [0.05, 0.1) is 6.04 Å². The number of piperazine rings is 1. The monoisotopic (exact) mass is 380 g/mol. The Bertz CT molecular complexity index is 920. The molecule has 1 atom stereocenters. The van der Waals surface area contributed by atoms with E-state index in [4.69, 9.17) is 9.47 Å². The molecular weight excluding hydrogens is 360 g/mol. The number of pyridine rings is 1. The van der Waals surface area contributed by atoms with Crippen LogP contribution in [0.2, 0.25) is 0 Å². The standard InChI is InChI=1S/C20H20N4O4/c25-19(15-3-4-17-18(8-15)28-13-27-17)22-6-7-24-16(11-22)12-23(20(24)26)10-14-2-1-5-21-9-14/h1-5,8-9,16H,6-7,10-13H2/t16-/m1/s1. The Balaban J connectivity index is 1.27. The van der Waals surface area contributed by atoms with E-state index in [1.807, 2.05) is 26.8 Å². The van der Waals surface area contributed by atoms with Crippen molar-refractivity contribution in [3.05, 3.63) is 53.9 Å². The van der Waals surface area contributed by atoms with E-state index in [1.54, 1.807) is 30.6 Å². The molecule has 0 spiro atoms. The fourth-order valence-electron chi connectivity index (χ4n) is 4.02. The molecule has 0 radical (unpaired) electrons. The van der Waals surface area contributed by atoms with Gasteiger partial charge < -0.3 is 24.2 Å². The number of aromatic nitrogens is 1. The Morgan fingerprint density at radius 1 is 1.14 bits per heavy atom. The molecule has 144 valence electrons. The van der Waals surface area contributed by atoms with Gasteiger partial charge in [-0.3, -0.25) is 9.78 Å². The van der Waals surface area contributed by atoms with Gasteiger partial charge in [-0.05, 0) is 29.8 Å². The van der Waals surface area contributed by atoms with E-state index >= 15 is 0 Å². The lowest BCUT2D eigenvalue weighted by Crippen LogP contribution is -2.53. The van der Waals surface area contributed by atoms with Gasteiger partial charge in [0.25, 0.3) is 5.91 Å². The maximum absolute atomic E-state index is 12.9. The number of carbonyl (C=O) groups excluding carboxylic acids is 2. The number of benzene rings is 1. The first kappa shape index (κ1) is 16.9. The average molecular weight is 380 g/mol. The van der Waals surface area contributed by atoms with Gasteiger partial charge in [0.2, 0.25) is 6.79 Å². The van der Waals surface area contributed by atoms with Gasteiger partial charge in [-0.1, -0.05) is 6.07 Å². The zero-order chi connectivity index (χ0) is 19.1. The van der Waals surface area contributed by atoms with Crippen molar-refractivity contribution in [1.29, 1.82) is 0 Å². The molecule has 8 heteroatoms. The molecule has 2 aromatic rings. The van der Waals surface area contributed by atoms with E-state index in [-0.39, 0.29) is 24.8 Å². The highest BCUT2D eigenvalue weighted by Crippen LogP contribution is 2.33. The van der Waals surface area contributed by atoms with Crippen molar-refractivity contribution < 1.29 is 19.1 Å². The molecule has 3 amide bonds. The van der Waals surface area contributed by atoms with Crippen molar-refractivity contribution in [2.24, 2.45) is 0 Å². The number of hydrogen-bond donors (Lipinski definition) is 0. The molecule has 0 bridgehead atoms. The molecule has 3 aliphatic heterocycles. The molecule has 2 fully saturated rings. The van der Waals surface area contributed by atoms with E-state index in [2.05, 4.69) is 4.98 Å². The summed E-state index contributed by atoms with van der Waals surface area (Å²) in [5.41, 5.74) is 1.58. The summed E-state index contributed by atoms with van der Waals surface area (Å²) in [5, 5.41) is 0. The minimum atomic E-state index is -0.0453. The fraction of sp³-hybridized carbons (Fsp3) is 0.350. The van der Waals surface area contributed by atoms with Crippen LogP contribution in [0.1, 0.15) is 15.9 Å². The molecule has 8 nitrogen and oxygen atoms in total. The van der Waals surface area contributed by atoms with E-state index in [9.17, 15) is 9.59 Å². The number of urea groups is 1. The van der Waals surface area contributed by atoms with Crippen molar-refractivity contribution in [2.75, 3.05) is 33.0 Å². The quantitative estimate of drug-likeness (QED) is 0.808. The number of rotatable bonds is 3. The second-order valence-electron chi connectivity index (χ2n) is 7.19. The molecule has 2 saturated heterocycles. The number of amides is 3. The SMILES string of the molecule is O=C(c1ccc2c(c1)OCO2)N1CCN2C(=O)N(Cc3cccnc3)C[C@H]2C1. The van der Waals surface area contributed by atoms with Crippen molar-refractivity contribution in [2.45, 2.75) is 12.6 Å². The maximum atomic E-state index is 12.9. The number of nitrogens with zero attached hydrogens (tertiary/aromatic N) is 4. The van der Waals surface area contributed by atoms with E-state index < -0.39 is 0 Å². The van der Waals surface area contributed by atoms with Crippen LogP contribution in [0, 0.1) is 0 Å². The molecule has 4 heterocycles. The molecule has 0 aliphatic carbocycles. The molecule has 1 aromatic carbocycles. The van der Waals surface area contributed by atoms with Crippen LogP contribution < -0.4 is 9.47 Å². The second-order valence-corrected chi connectivity index (χ2v) is 7.19. The van der Waals surface area contributed by atoms with Crippen LogP contribution in [-0.2, 0) is 6.54 Å². The molecule has 0 unspecified atom stereocenters. The maximum Gasteiger partial charge on any atom is 0.320 e. The number of hydrogen-bond acceptors (Lipinski definition) is 5. The molecule has 5 rings (SSSR count). The Hall–Kier alpha value is -3.29. The van der Waals surface area contributed by atoms with E-state index in [0.29, 0.717) is 49.8 Å². The first-order valence-electron chi connectivity index (χ1n) is 9.32. The molecule has 1 aromatic heterocycles. The normalized spacial score (nSPS) is 20.5. The van der Waals surface area contributed by atoms with Crippen LogP contribution in [0.4, 0.5) is 4.79 Å². The third-order valence-corrected chi connectivity index (χ3v) is 5.43. The Morgan fingerprint density at radius 3 is 2.89 bits per heavy atom. The van der Waals surface area contributed by atoms with Gasteiger partial charge in [0.15, 0.2) is 11.5 Å². The van der Waals surface area contributed by atoms with Crippen LogP contribution in [0.5, 0.6) is 11.5 Å². The second kappa shape index (κ2) is 6.70. The van der Waals surface area contributed by atoms with Crippen LogP contribution in [-0.4, -0.2) is 70.6 Å².